The fourth-order valence-corrected chi connectivity index (χ4v) is 3.91. The van der Waals surface area contributed by atoms with Gasteiger partial charge in [0.15, 0.2) is 0 Å². The van der Waals surface area contributed by atoms with Crippen molar-refractivity contribution in [1.82, 2.24) is 4.90 Å². The minimum absolute atomic E-state index is 0.0189. The van der Waals surface area contributed by atoms with Crippen LogP contribution in [0.2, 0.25) is 0 Å². The second-order valence-corrected chi connectivity index (χ2v) is 7.03. The van der Waals surface area contributed by atoms with Gasteiger partial charge in [-0.1, -0.05) is 31.2 Å². The Labute approximate surface area is 133 Å². The molecule has 6 heteroatoms. The third-order valence-electron chi connectivity index (χ3n) is 5.16. The van der Waals surface area contributed by atoms with Crippen LogP contribution >= 0.6 is 0 Å². The van der Waals surface area contributed by atoms with Crippen LogP contribution in [0.3, 0.4) is 0 Å². The van der Waals surface area contributed by atoms with Crippen LogP contribution in [0.1, 0.15) is 24.5 Å². The first kappa shape index (κ1) is 16.3. The average molecular weight is 326 g/mol. The number of nitrogens with two attached hydrogens (primary N) is 1. The van der Waals surface area contributed by atoms with Crippen LogP contribution in [0, 0.1) is 11.3 Å². The van der Waals surface area contributed by atoms with Gasteiger partial charge in [0.2, 0.25) is 5.91 Å². The number of benzene rings is 1. The number of piperidine rings is 1. The lowest BCUT2D eigenvalue weighted by Gasteiger charge is -2.40. The molecule has 3 nitrogen and oxygen atoms in total. The summed E-state index contributed by atoms with van der Waals surface area (Å²) < 4.78 is 38.7. The third-order valence-corrected chi connectivity index (χ3v) is 5.16. The first-order chi connectivity index (χ1) is 10.7. The smallest absolute Gasteiger partial charge is 0.341 e. The first-order valence-electron chi connectivity index (χ1n) is 7.89. The van der Waals surface area contributed by atoms with E-state index in [1.807, 2.05) is 31.2 Å². The molecule has 23 heavy (non-hydrogen) atoms. The topological polar surface area (TPSA) is 46.3 Å². The third kappa shape index (κ3) is 2.96. The number of halogens is 3. The molecule has 3 rings (SSSR count). The predicted octanol–water partition coefficient (Wildman–Crippen LogP) is 2.53. The molecule has 1 aromatic carbocycles. The minimum atomic E-state index is -4.29. The Morgan fingerprint density at radius 2 is 1.83 bits per heavy atom. The summed E-state index contributed by atoms with van der Waals surface area (Å²) in [6, 6.07) is 6.87. The van der Waals surface area contributed by atoms with E-state index in [-0.39, 0.29) is 25.4 Å². The summed E-state index contributed by atoms with van der Waals surface area (Å²) in [5.74, 6) is -1.59. The quantitative estimate of drug-likeness (QED) is 0.862. The van der Waals surface area contributed by atoms with Gasteiger partial charge in [0.1, 0.15) is 0 Å². The number of carbonyl (C=O) groups is 1. The van der Waals surface area contributed by atoms with Crippen molar-refractivity contribution in [1.29, 1.82) is 0 Å². The van der Waals surface area contributed by atoms with E-state index in [1.165, 1.54) is 4.90 Å². The summed E-state index contributed by atoms with van der Waals surface area (Å²) in [5.41, 5.74) is 7.43. The van der Waals surface area contributed by atoms with E-state index in [0.29, 0.717) is 12.8 Å². The second-order valence-electron chi connectivity index (χ2n) is 7.03. The monoisotopic (exact) mass is 326 g/mol. The van der Waals surface area contributed by atoms with Crippen molar-refractivity contribution in [2.75, 3.05) is 13.1 Å². The Bertz CT molecular complexity index is 589. The average Bonchev–Trinajstić information content (AvgIpc) is 2.82. The number of amides is 1. The molecular weight excluding hydrogens is 305 g/mol. The Morgan fingerprint density at radius 3 is 2.30 bits per heavy atom. The van der Waals surface area contributed by atoms with E-state index in [9.17, 15) is 18.0 Å². The first-order valence-corrected chi connectivity index (χ1v) is 7.89. The fraction of sp³-hybridized carbons (Fsp3) is 0.588. The summed E-state index contributed by atoms with van der Waals surface area (Å²) in [6.45, 7) is 2.01. The molecule has 0 saturated carbocycles. The van der Waals surface area contributed by atoms with Crippen molar-refractivity contribution >= 4 is 5.91 Å². The number of carbonyl (C=O) groups excluding carboxylic acids is 1. The van der Waals surface area contributed by atoms with Gasteiger partial charge in [-0.05, 0) is 30.4 Å². The van der Waals surface area contributed by atoms with Crippen LogP contribution in [0.4, 0.5) is 13.2 Å². The Balaban J connectivity index is 1.71. The zero-order valence-electron chi connectivity index (χ0n) is 13.1. The van der Waals surface area contributed by atoms with E-state index < -0.39 is 23.6 Å². The molecule has 0 radical (unpaired) electrons. The van der Waals surface area contributed by atoms with E-state index >= 15 is 0 Å². The lowest BCUT2D eigenvalue weighted by Crippen LogP contribution is -2.57. The molecule has 2 atom stereocenters. The predicted molar refractivity (Wildman–Crippen MR) is 80.7 cm³/mol. The molecule has 0 bridgehead atoms. The maximum atomic E-state index is 12.9. The van der Waals surface area contributed by atoms with Crippen LogP contribution in [-0.2, 0) is 17.6 Å². The van der Waals surface area contributed by atoms with Crippen LogP contribution in [0.5, 0.6) is 0 Å². The normalized spacial score (nSPS) is 26.9. The number of hydrogen-bond donors (Lipinski definition) is 1. The van der Waals surface area contributed by atoms with Gasteiger partial charge in [-0.3, -0.25) is 4.79 Å². The van der Waals surface area contributed by atoms with Crippen LogP contribution in [0.15, 0.2) is 24.3 Å². The lowest BCUT2D eigenvalue weighted by molar-refractivity contribution is -0.192. The second kappa shape index (κ2) is 5.51. The molecule has 2 aliphatic rings. The molecule has 126 valence electrons. The van der Waals surface area contributed by atoms with E-state index in [1.54, 1.807) is 0 Å². The number of fused-ring (bicyclic) bond motifs is 1. The Kier molecular flexibility index (Phi) is 3.91. The molecule has 0 spiro atoms. The van der Waals surface area contributed by atoms with Crippen molar-refractivity contribution in [3.8, 4) is 0 Å². The van der Waals surface area contributed by atoms with Crippen LogP contribution < -0.4 is 5.73 Å². The highest BCUT2D eigenvalue weighted by molar-refractivity contribution is 5.84. The summed E-state index contributed by atoms with van der Waals surface area (Å²) in [6.07, 6.45) is -3.13. The SMILES string of the molecule is CC1(C(=O)N2CCC(C(F)(F)F)C(N)C2)Cc2ccccc2C1. The van der Waals surface area contributed by atoms with Gasteiger partial charge in [-0.2, -0.15) is 13.2 Å². The highest BCUT2D eigenvalue weighted by atomic mass is 19.4. The van der Waals surface area contributed by atoms with Crippen molar-refractivity contribution in [3.63, 3.8) is 0 Å². The molecule has 1 amide bonds. The lowest BCUT2D eigenvalue weighted by atomic mass is 9.83. The number of likely N-dealkylation sites (tertiary alicyclic amines) is 1. The molecule has 1 saturated heterocycles. The van der Waals surface area contributed by atoms with Crippen LogP contribution in [-0.4, -0.2) is 36.1 Å². The molecule has 1 aliphatic heterocycles. The van der Waals surface area contributed by atoms with Gasteiger partial charge in [0.25, 0.3) is 0 Å². The van der Waals surface area contributed by atoms with Gasteiger partial charge in [-0.25, -0.2) is 0 Å². The number of alkyl halides is 3. The number of nitrogens with zero attached hydrogens (tertiary/aromatic N) is 1. The summed E-state index contributed by atoms with van der Waals surface area (Å²) >= 11 is 0. The molecular formula is C17H21F3N2O. The highest BCUT2D eigenvalue weighted by Gasteiger charge is 2.49. The molecule has 1 heterocycles. The zero-order valence-corrected chi connectivity index (χ0v) is 13.1. The van der Waals surface area contributed by atoms with Gasteiger partial charge in [0.05, 0.1) is 11.3 Å². The largest absolute Gasteiger partial charge is 0.393 e. The van der Waals surface area contributed by atoms with Crippen molar-refractivity contribution in [3.05, 3.63) is 35.4 Å². The van der Waals surface area contributed by atoms with E-state index in [4.69, 9.17) is 5.73 Å². The molecule has 2 N–H and O–H groups in total. The van der Waals surface area contributed by atoms with Gasteiger partial charge >= 0.3 is 6.18 Å². The number of hydrogen-bond acceptors (Lipinski definition) is 2. The molecule has 0 aromatic heterocycles. The maximum Gasteiger partial charge on any atom is 0.393 e. The molecule has 2 unspecified atom stereocenters. The van der Waals surface area contributed by atoms with Crippen LogP contribution in [0.25, 0.3) is 0 Å². The van der Waals surface area contributed by atoms with E-state index in [0.717, 1.165) is 11.1 Å². The fourth-order valence-electron chi connectivity index (χ4n) is 3.91. The van der Waals surface area contributed by atoms with Crippen molar-refractivity contribution in [2.24, 2.45) is 17.1 Å². The van der Waals surface area contributed by atoms with Crippen molar-refractivity contribution < 1.29 is 18.0 Å². The van der Waals surface area contributed by atoms with Crippen molar-refractivity contribution in [2.45, 2.75) is 38.4 Å². The summed E-state index contributed by atoms with van der Waals surface area (Å²) in [4.78, 5) is 14.4. The minimum Gasteiger partial charge on any atom is -0.341 e. The Hall–Kier alpha value is -1.56. The van der Waals surface area contributed by atoms with E-state index in [2.05, 4.69) is 0 Å². The van der Waals surface area contributed by atoms with Gasteiger partial charge in [0, 0.05) is 19.1 Å². The molecule has 1 aromatic rings. The molecule has 1 aliphatic carbocycles. The number of rotatable bonds is 1. The maximum absolute atomic E-state index is 12.9. The summed E-state index contributed by atoms with van der Waals surface area (Å²) in [5, 5.41) is 0. The van der Waals surface area contributed by atoms with Gasteiger partial charge < -0.3 is 10.6 Å². The zero-order chi connectivity index (χ0) is 16.8. The highest BCUT2D eigenvalue weighted by Crippen LogP contribution is 2.40. The standard InChI is InChI=1S/C17H21F3N2O/c1-16(8-11-4-2-3-5-12(11)9-16)15(23)22-7-6-13(14(21)10-22)17(18,19)20/h2-5,13-14H,6-10,21H2,1H3. The summed E-state index contributed by atoms with van der Waals surface area (Å²) in [7, 11) is 0. The Morgan fingerprint density at radius 1 is 1.26 bits per heavy atom. The molecule has 1 fully saturated rings. The van der Waals surface area contributed by atoms with Gasteiger partial charge in [-0.15, -0.1) is 0 Å².